The quantitative estimate of drug-likeness (QED) is 0.330. The third-order valence-corrected chi connectivity index (χ3v) is 6.73. The fourth-order valence-corrected chi connectivity index (χ4v) is 5.38. The van der Waals surface area contributed by atoms with Crippen LogP contribution in [-0.4, -0.2) is 8.42 Å². The van der Waals surface area contributed by atoms with E-state index in [9.17, 15) is 8.42 Å². The van der Waals surface area contributed by atoms with Crippen molar-refractivity contribution >= 4 is 10.1 Å². The van der Waals surface area contributed by atoms with Gasteiger partial charge in [-0.3, -0.25) is 0 Å². The highest BCUT2D eigenvalue weighted by Crippen LogP contribution is 2.44. The number of para-hydroxylation sites is 1. The van der Waals surface area contributed by atoms with Crippen LogP contribution in [0.1, 0.15) is 16.7 Å². The molecule has 0 atom stereocenters. The highest BCUT2D eigenvalue weighted by Gasteiger charge is 2.50. The SMILES string of the molecule is N.O=S(=O)(Oc1ccccc1)C(c1ccccc1)(c1ccccc1)c1ccccc1. The summed E-state index contributed by atoms with van der Waals surface area (Å²) in [5, 5.41) is 0. The van der Waals surface area contributed by atoms with Crippen molar-refractivity contribution in [2.75, 3.05) is 0 Å². The van der Waals surface area contributed by atoms with Gasteiger partial charge in [0.15, 0.2) is 4.75 Å². The molecule has 3 N–H and O–H groups in total. The van der Waals surface area contributed by atoms with Crippen LogP contribution >= 0.6 is 0 Å². The Bertz CT molecular complexity index is 1070. The van der Waals surface area contributed by atoms with Gasteiger partial charge in [-0.2, -0.15) is 8.42 Å². The summed E-state index contributed by atoms with van der Waals surface area (Å²) in [6.07, 6.45) is 0. The summed E-state index contributed by atoms with van der Waals surface area (Å²) in [5.41, 5.74) is 1.86. The Morgan fingerprint density at radius 2 is 0.800 bits per heavy atom. The second kappa shape index (κ2) is 8.95. The van der Waals surface area contributed by atoms with E-state index in [-0.39, 0.29) is 11.9 Å². The summed E-state index contributed by atoms with van der Waals surface area (Å²) in [4.78, 5) is 0. The molecule has 0 heterocycles. The minimum absolute atomic E-state index is 0. The molecule has 0 unspecified atom stereocenters. The maximum atomic E-state index is 14.0. The third kappa shape index (κ3) is 3.73. The number of rotatable bonds is 6. The van der Waals surface area contributed by atoms with Crippen LogP contribution in [0.4, 0.5) is 0 Å². The lowest BCUT2D eigenvalue weighted by Gasteiger charge is -2.34. The second-order valence-corrected chi connectivity index (χ2v) is 8.32. The normalized spacial score (nSPS) is 11.3. The second-order valence-electron chi connectivity index (χ2n) is 6.63. The number of hydrogen-bond acceptors (Lipinski definition) is 4. The van der Waals surface area contributed by atoms with Gasteiger partial charge in [-0.15, -0.1) is 0 Å². The molecule has 0 amide bonds. The first-order valence-electron chi connectivity index (χ1n) is 9.30. The fourth-order valence-electron chi connectivity index (χ4n) is 3.62. The number of benzene rings is 4. The summed E-state index contributed by atoms with van der Waals surface area (Å²) < 4.78 is 32.2. The zero-order chi connectivity index (χ0) is 20.2. The van der Waals surface area contributed by atoms with Crippen LogP contribution in [0, 0.1) is 0 Å². The highest BCUT2D eigenvalue weighted by atomic mass is 32.2. The average Bonchev–Trinajstić information content (AvgIpc) is 2.77. The first-order valence-corrected chi connectivity index (χ1v) is 10.7. The van der Waals surface area contributed by atoms with Gasteiger partial charge >= 0.3 is 10.1 Å². The van der Waals surface area contributed by atoms with Crippen LogP contribution in [0.3, 0.4) is 0 Å². The van der Waals surface area contributed by atoms with Crippen LogP contribution in [0.5, 0.6) is 5.75 Å². The van der Waals surface area contributed by atoms with Crippen molar-refractivity contribution in [3.05, 3.63) is 138 Å². The Kier molecular flexibility index (Phi) is 6.35. The molecule has 0 fully saturated rings. The van der Waals surface area contributed by atoms with Gasteiger partial charge in [0.05, 0.1) is 0 Å². The molecule has 0 bridgehead atoms. The summed E-state index contributed by atoms with van der Waals surface area (Å²) in [6.45, 7) is 0. The van der Waals surface area contributed by atoms with E-state index in [4.69, 9.17) is 4.18 Å². The molecule has 152 valence electrons. The maximum Gasteiger partial charge on any atom is 0.327 e. The monoisotopic (exact) mass is 417 g/mol. The molecule has 0 aromatic heterocycles. The molecular weight excluding hydrogens is 394 g/mol. The van der Waals surface area contributed by atoms with E-state index in [0.717, 1.165) is 0 Å². The molecule has 4 aromatic carbocycles. The molecule has 4 aromatic rings. The Hall–Kier alpha value is -3.41. The van der Waals surface area contributed by atoms with E-state index in [1.807, 2.05) is 97.1 Å². The summed E-state index contributed by atoms with van der Waals surface area (Å²) in [6, 6.07) is 36.2. The van der Waals surface area contributed by atoms with Gasteiger partial charge in [0.1, 0.15) is 5.75 Å². The van der Waals surface area contributed by atoms with Gasteiger partial charge in [-0.25, -0.2) is 0 Å². The molecule has 30 heavy (non-hydrogen) atoms. The number of hydrogen-bond donors (Lipinski definition) is 1. The molecular formula is C25H23NO3S. The van der Waals surface area contributed by atoms with Gasteiger partial charge in [-0.05, 0) is 28.8 Å². The van der Waals surface area contributed by atoms with E-state index < -0.39 is 14.9 Å². The predicted octanol–water partition coefficient (Wildman–Crippen LogP) is 5.55. The smallest absolute Gasteiger partial charge is 0.327 e. The Labute approximate surface area is 177 Å². The summed E-state index contributed by atoms with van der Waals surface area (Å²) >= 11 is 0. The van der Waals surface area contributed by atoms with E-state index in [1.165, 1.54) is 0 Å². The van der Waals surface area contributed by atoms with Gasteiger partial charge in [0.2, 0.25) is 0 Å². The van der Waals surface area contributed by atoms with Gasteiger partial charge in [0.25, 0.3) is 0 Å². The maximum absolute atomic E-state index is 14.0. The molecule has 4 nitrogen and oxygen atoms in total. The van der Waals surface area contributed by atoms with Crippen LogP contribution in [0.15, 0.2) is 121 Å². The largest absolute Gasteiger partial charge is 0.381 e. The van der Waals surface area contributed by atoms with Crippen LogP contribution in [0.25, 0.3) is 0 Å². The van der Waals surface area contributed by atoms with Crippen molar-refractivity contribution in [2.45, 2.75) is 4.75 Å². The summed E-state index contributed by atoms with van der Waals surface area (Å²) in [7, 11) is -4.20. The average molecular weight is 418 g/mol. The minimum Gasteiger partial charge on any atom is -0.381 e. The third-order valence-electron chi connectivity index (χ3n) is 4.87. The van der Waals surface area contributed by atoms with E-state index in [0.29, 0.717) is 16.7 Å². The van der Waals surface area contributed by atoms with E-state index in [2.05, 4.69) is 0 Å². The van der Waals surface area contributed by atoms with Crippen molar-refractivity contribution in [1.82, 2.24) is 6.15 Å². The van der Waals surface area contributed by atoms with Gasteiger partial charge < -0.3 is 10.3 Å². The van der Waals surface area contributed by atoms with Crippen LogP contribution in [0.2, 0.25) is 0 Å². The van der Waals surface area contributed by atoms with Crippen molar-refractivity contribution in [3.63, 3.8) is 0 Å². The zero-order valence-corrected chi connectivity index (χ0v) is 17.2. The lowest BCUT2D eigenvalue weighted by molar-refractivity contribution is 0.463. The topological polar surface area (TPSA) is 78.4 Å². The standard InChI is InChI=1S/C25H20O3S.H3N/c26-29(27,28-24-19-11-4-12-20-24)25(21-13-5-1-6-14-21,22-15-7-2-8-16-22)23-17-9-3-10-18-23;/h1-20H;1H3. The zero-order valence-electron chi connectivity index (χ0n) is 16.4. The van der Waals surface area contributed by atoms with E-state index >= 15 is 0 Å². The van der Waals surface area contributed by atoms with Gasteiger partial charge in [0, 0.05) is 0 Å². The molecule has 0 spiro atoms. The highest BCUT2D eigenvalue weighted by molar-refractivity contribution is 7.88. The molecule has 5 heteroatoms. The molecule has 0 aliphatic rings. The predicted molar refractivity (Wildman–Crippen MR) is 120 cm³/mol. The molecule has 0 saturated carbocycles. The lowest BCUT2D eigenvalue weighted by atomic mass is 9.84. The summed E-state index contributed by atoms with van der Waals surface area (Å²) in [5.74, 6) is 0.277. The van der Waals surface area contributed by atoms with Crippen LogP contribution in [-0.2, 0) is 14.9 Å². The minimum atomic E-state index is -4.20. The lowest BCUT2D eigenvalue weighted by Crippen LogP contribution is -2.41. The Morgan fingerprint density at radius 3 is 1.13 bits per heavy atom. The fraction of sp³-hybridized carbons (Fsp3) is 0.0400. The van der Waals surface area contributed by atoms with Gasteiger partial charge in [-0.1, -0.05) is 109 Å². The Balaban J connectivity index is 0.00000256. The molecule has 0 radical (unpaired) electrons. The van der Waals surface area contributed by atoms with Crippen molar-refractivity contribution in [1.29, 1.82) is 0 Å². The first-order chi connectivity index (χ1) is 14.1. The molecule has 4 rings (SSSR count). The van der Waals surface area contributed by atoms with Crippen molar-refractivity contribution in [2.24, 2.45) is 0 Å². The van der Waals surface area contributed by atoms with E-state index in [1.54, 1.807) is 24.3 Å². The first kappa shape index (κ1) is 21.3. The Morgan fingerprint density at radius 1 is 0.500 bits per heavy atom. The van der Waals surface area contributed by atoms with Crippen molar-refractivity contribution in [3.8, 4) is 5.75 Å². The van der Waals surface area contributed by atoms with Crippen molar-refractivity contribution < 1.29 is 12.6 Å². The molecule has 0 aliphatic carbocycles. The molecule has 0 saturated heterocycles. The van der Waals surface area contributed by atoms with Crippen LogP contribution < -0.4 is 10.3 Å². The molecule has 0 aliphatic heterocycles.